The van der Waals surface area contributed by atoms with Crippen molar-refractivity contribution >= 4 is 0 Å². The van der Waals surface area contributed by atoms with Crippen LogP contribution in [0.25, 0.3) is 0 Å². The van der Waals surface area contributed by atoms with Crippen LogP contribution in [-0.4, -0.2) is 18.5 Å². The molecule has 3 unspecified atom stereocenters. The fraction of sp³-hybridized carbons (Fsp3) is 0.900. The highest BCUT2D eigenvalue weighted by Gasteiger charge is 2.40. The van der Waals surface area contributed by atoms with Crippen molar-refractivity contribution < 1.29 is 13.2 Å². The second-order valence-corrected chi connectivity index (χ2v) is 8.15. The van der Waals surface area contributed by atoms with Gasteiger partial charge < -0.3 is 0 Å². The molecule has 0 bridgehead atoms. The van der Waals surface area contributed by atoms with E-state index in [-0.39, 0.29) is 18.8 Å². The summed E-state index contributed by atoms with van der Waals surface area (Å²) in [5.41, 5.74) is 1.21. The normalized spacial score (nSPS) is 45.6. The lowest BCUT2D eigenvalue weighted by Gasteiger charge is -2.38. The van der Waals surface area contributed by atoms with Crippen molar-refractivity contribution in [1.29, 1.82) is 0 Å². The van der Waals surface area contributed by atoms with Crippen LogP contribution in [0.3, 0.4) is 0 Å². The lowest BCUT2D eigenvalue weighted by atomic mass is 9.69. The first-order valence-electron chi connectivity index (χ1n) is 9.69. The van der Waals surface area contributed by atoms with Crippen molar-refractivity contribution in [2.45, 2.75) is 89.6 Å². The molecule has 0 amide bonds. The van der Waals surface area contributed by atoms with E-state index < -0.39 is 18.5 Å². The zero-order chi connectivity index (χ0) is 16.4. The van der Waals surface area contributed by atoms with E-state index in [0.717, 1.165) is 37.0 Å². The number of hydrogen-bond acceptors (Lipinski definition) is 0. The molecule has 0 radical (unpaired) electrons. The zero-order valence-electron chi connectivity index (χ0n) is 14.3. The fourth-order valence-electron chi connectivity index (χ4n) is 5.17. The van der Waals surface area contributed by atoms with Gasteiger partial charge in [0.05, 0.1) is 0 Å². The van der Waals surface area contributed by atoms with E-state index in [1.54, 1.807) is 0 Å². The Hall–Kier alpha value is -0.470. The van der Waals surface area contributed by atoms with Gasteiger partial charge in [0, 0.05) is 0 Å². The number of halogens is 3. The lowest BCUT2D eigenvalue weighted by molar-refractivity contribution is 0.0243. The molecule has 3 rings (SSSR count). The van der Waals surface area contributed by atoms with Gasteiger partial charge in [0.1, 0.15) is 12.3 Å². The first-order valence-corrected chi connectivity index (χ1v) is 9.69. The summed E-state index contributed by atoms with van der Waals surface area (Å²) in [6, 6.07) is 0. The standard InChI is InChI=1S/C20H31F3/c1-2-13-3-5-14(6-4-13)15-7-9-16(10-8-15)17-11-18(21)20(23)19(22)12-17/h9,13-15,17-20H,2-8,10-12H2,1H3. The number of alkyl halides is 3. The van der Waals surface area contributed by atoms with E-state index in [0.29, 0.717) is 0 Å². The first kappa shape index (κ1) is 17.4. The Balaban J connectivity index is 1.52. The third kappa shape index (κ3) is 3.96. The van der Waals surface area contributed by atoms with E-state index in [9.17, 15) is 13.2 Å². The predicted molar refractivity (Wildman–Crippen MR) is 88.6 cm³/mol. The van der Waals surface area contributed by atoms with Crippen LogP contribution in [0.2, 0.25) is 0 Å². The summed E-state index contributed by atoms with van der Waals surface area (Å²) >= 11 is 0. The highest BCUT2D eigenvalue weighted by Crippen LogP contribution is 2.44. The Labute approximate surface area is 138 Å². The third-order valence-corrected chi connectivity index (χ3v) is 6.86. The summed E-state index contributed by atoms with van der Waals surface area (Å²) in [6.45, 7) is 2.29. The summed E-state index contributed by atoms with van der Waals surface area (Å²) < 4.78 is 40.6. The van der Waals surface area contributed by atoms with E-state index >= 15 is 0 Å². The molecule has 3 heteroatoms. The van der Waals surface area contributed by atoms with Gasteiger partial charge in [-0.05, 0) is 68.6 Å². The predicted octanol–water partition coefficient (Wildman–Crippen LogP) is 6.35. The van der Waals surface area contributed by atoms with Gasteiger partial charge in [0.25, 0.3) is 0 Å². The minimum atomic E-state index is -1.91. The largest absolute Gasteiger partial charge is 0.244 e. The van der Waals surface area contributed by atoms with Crippen molar-refractivity contribution in [1.82, 2.24) is 0 Å². The maximum absolute atomic E-state index is 13.6. The highest BCUT2D eigenvalue weighted by molar-refractivity contribution is 5.14. The minimum Gasteiger partial charge on any atom is -0.244 e. The molecule has 3 atom stereocenters. The third-order valence-electron chi connectivity index (χ3n) is 6.86. The molecule has 0 aromatic carbocycles. The Bertz CT molecular complexity index is 399. The van der Waals surface area contributed by atoms with Gasteiger partial charge >= 0.3 is 0 Å². The quantitative estimate of drug-likeness (QED) is 0.529. The van der Waals surface area contributed by atoms with Crippen LogP contribution in [0.4, 0.5) is 13.2 Å². The molecule has 3 aliphatic carbocycles. The van der Waals surface area contributed by atoms with E-state index in [1.807, 2.05) is 0 Å². The van der Waals surface area contributed by atoms with Crippen LogP contribution >= 0.6 is 0 Å². The average Bonchev–Trinajstić information content (AvgIpc) is 2.59. The van der Waals surface area contributed by atoms with Gasteiger partial charge in [-0.25, -0.2) is 13.2 Å². The molecule has 2 fully saturated rings. The van der Waals surface area contributed by atoms with Gasteiger partial charge in [0.2, 0.25) is 0 Å². The van der Waals surface area contributed by atoms with Crippen LogP contribution < -0.4 is 0 Å². The average molecular weight is 328 g/mol. The summed E-state index contributed by atoms with van der Waals surface area (Å²) in [6.07, 6.45) is 7.46. The maximum Gasteiger partial charge on any atom is 0.162 e. The van der Waals surface area contributed by atoms with Crippen LogP contribution in [0.1, 0.15) is 71.1 Å². The molecule has 0 nitrogen and oxygen atoms in total. The van der Waals surface area contributed by atoms with Gasteiger partial charge in [-0.2, -0.15) is 0 Å². The van der Waals surface area contributed by atoms with Crippen molar-refractivity contribution in [3.05, 3.63) is 11.6 Å². The summed E-state index contributed by atoms with van der Waals surface area (Å²) in [4.78, 5) is 0. The molecule has 0 aromatic heterocycles. The van der Waals surface area contributed by atoms with E-state index in [4.69, 9.17) is 0 Å². The molecule has 0 N–H and O–H groups in total. The maximum atomic E-state index is 13.6. The Kier molecular flexibility index (Phi) is 5.74. The Morgan fingerprint density at radius 3 is 2.09 bits per heavy atom. The van der Waals surface area contributed by atoms with Crippen molar-refractivity contribution in [2.75, 3.05) is 0 Å². The van der Waals surface area contributed by atoms with Gasteiger partial charge in [-0.1, -0.05) is 37.8 Å². The molecular weight excluding hydrogens is 297 g/mol. The SMILES string of the molecule is CCC1CCC(C2CC=C(C3CC(F)C(F)C(F)C3)CC2)CC1. The molecule has 3 aliphatic rings. The van der Waals surface area contributed by atoms with Gasteiger partial charge in [0.15, 0.2) is 6.17 Å². The Morgan fingerprint density at radius 2 is 1.57 bits per heavy atom. The van der Waals surface area contributed by atoms with Crippen LogP contribution in [-0.2, 0) is 0 Å². The van der Waals surface area contributed by atoms with Gasteiger partial charge in [-0.3, -0.25) is 0 Å². The van der Waals surface area contributed by atoms with Crippen LogP contribution in [0.15, 0.2) is 11.6 Å². The molecule has 2 saturated carbocycles. The fourth-order valence-corrected chi connectivity index (χ4v) is 5.17. The summed E-state index contributed by atoms with van der Waals surface area (Å²) in [5, 5.41) is 0. The first-order chi connectivity index (χ1) is 11.1. The van der Waals surface area contributed by atoms with Crippen molar-refractivity contribution in [2.24, 2.45) is 23.7 Å². The van der Waals surface area contributed by atoms with Crippen molar-refractivity contribution in [3.8, 4) is 0 Å². The Morgan fingerprint density at radius 1 is 0.913 bits per heavy atom. The smallest absolute Gasteiger partial charge is 0.162 e. The number of hydrogen-bond donors (Lipinski definition) is 0. The van der Waals surface area contributed by atoms with E-state index in [2.05, 4.69) is 13.0 Å². The van der Waals surface area contributed by atoms with Crippen LogP contribution in [0.5, 0.6) is 0 Å². The molecular formula is C20H31F3. The zero-order valence-corrected chi connectivity index (χ0v) is 14.3. The monoisotopic (exact) mass is 328 g/mol. The number of allylic oxidation sites excluding steroid dienone is 2. The molecule has 0 heterocycles. The second-order valence-electron chi connectivity index (χ2n) is 8.15. The van der Waals surface area contributed by atoms with Crippen molar-refractivity contribution in [3.63, 3.8) is 0 Å². The summed E-state index contributed by atoms with van der Waals surface area (Å²) in [5.74, 6) is 2.47. The molecule has 0 saturated heterocycles. The lowest BCUT2D eigenvalue weighted by Crippen LogP contribution is -2.38. The molecule has 23 heavy (non-hydrogen) atoms. The topological polar surface area (TPSA) is 0 Å². The highest BCUT2D eigenvalue weighted by atomic mass is 19.2. The molecule has 0 aliphatic heterocycles. The second kappa shape index (κ2) is 7.61. The minimum absolute atomic E-state index is 0.0659. The molecule has 132 valence electrons. The van der Waals surface area contributed by atoms with E-state index in [1.165, 1.54) is 37.7 Å². The summed E-state index contributed by atoms with van der Waals surface area (Å²) in [7, 11) is 0. The molecule has 0 aromatic rings. The molecule has 0 spiro atoms. The van der Waals surface area contributed by atoms with Gasteiger partial charge in [-0.15, -0.1) is 0 Å². The number of rotatable bonds is 3. The van der Waals surface area contributed by atoms with Crippen LogP contribution in [0, 0.1) is 23.7 Å².